The number of benzene rings is 1. The summed E-state index contributed by atoms with van der Waals surface area (Å²) in [6.45, 7) is 1.89. The van der Waals surface area contributed by atoms with E-state index in [1.165, 1.54) is 36.8 Å². The molecule has 1 aromatic carbocycles. The van der Waals surface area contributed by atoms with Gasteiger partial charge in [0.25, 0.3) is 10.1 Å². The quantitative estimate of drug-likeness (QED) is 0.570. The molecular weight excluding hydrogens is 272 g/mol. The second kappa shape index (κ2) is 7.23. The third kappa shape index (κ3) is 4.32. The topological polar surface area (TPSA) is 43.4 Å². The Morgan fingerprint density at radius 2 is 1.90 bits per heavy atom. The Labute approximate surface area is 122 Å². The molecule has 0 unspecified atom stereocenters. The molecule has 4 heteroatoms. The Morgan fingerprint density at radius 3 is 2.60 bits per heavy atom. The molecule has 2 rings (SSSR count). The molecule has 20 heavy (non-hydrogen) atoms. The summed E-state index contributed by atoms with van der Waals surface area (Å²) in [4.78, 5) is 0. The molecule has 1 aliphatic rings. The molecule has 0 aromatic heterocycles. The monoisotopic (exact) mass is 296 g/mol. The Kier molecular flexibility index (Phi) is 5.61. The van der Waals surface area contributed by atoms with Crippen LogP contribution >= 0.6 is 0 Å². The Hall–Kier alpha value is -0.870. The first-order valence-corrected chi connectivity index (χ1v) is 9.15. The van der Waals surface area contributed by atoms with Crippen LogP contribution in [-0.2, 0) is 20.7 Å². The lowest BCUT2D eigenvalue weighted by Crippen LogP contribution is -2.10. The molecule has 0 saturated heterocycles. The highest BCUT2D eigenvalue weighted by Gasteiger charge is 2.19. The second-order valence-electron chi connectivity index (χ2n) is 5.45. The highest BCUT2D eigenvalue weighted by molar-refractivity contribution is 7.86. The normalized spacial score (nSPS) is 16.6. The lowest BCUT2D eigenvalue weighted by atomic mass is 9.91. The van der Waals surface area contributed by atoms with Crippen LogP contribution in [0.25, 0.3) is 0 Å². The molecule has 0 bridgehead atoms. The smallest absolute Gasteiger partial charge is 0.267 e. The number of hydrogen-bond donors (Lipinski definition) is 0. The minimum Gasteiger partial charge on any atom is -0.270 e. The Bertz CT molecular complexity index is 516. The molecule has 1 fully saturated rings. The average molecular weight is 296 g/mol. The molecule has 1 aromatic rings. The molecule has 112 valence electrons. The highest BCUT2D eigenvalue weighted by Crippen LogP contribution is 2.36. The van der Waals surface area contributed by atoms with Gasteiger partial charge in [0.05, 0.1) is 12.4 Å². The van der Waals surface area contributed by atoms with E-state index in [4.69, 9.17) is 4.18 Å². The van der Waals surface area contributed by atoms with Crippen LogP contribution in [-0.4, -0.2) is 20.8 Å². The zero-order valence-corrected chi connectivity index (χ0v) is 13.0. The fourth-order valence-electron chi connectivity index (χ4n) is 2.93. The lowest BCUT2D eigenvalue weighted by molar-refractivity contribution is 0.313. The summed E-state index contributed by atoms with van der Waals surface area (Å²) < 4.78 is 27.5. The van der Waals surface area contributed by atoms with Crippen LogP contribution in [0, 0.1) is 0 Å². The lowest BCUT2D eigenvalue weighted by Gasteiger charge is -2.15. The van der Waals surface area contributed by atoms with E-state index in [0.717, 1.165) is 12.8 Å². The van der Waals surface area contributed by atoms with Crippen molar-refractivity contribution in [3.63, 3.8) is 0 Å². The van der Waals surface area contributed by atoms with Crippen molar-refractivity contribution in [3.8, 4) is 0 Å². The van der Waals surface area contributed by atoms with Crippen molar-refractivity contribution in [2.75, 3.05) is 12.4 Å². The Morgan fingerprint density at radius 1 is 1.20 bits per heavy atom. The summed E-state index contributed by atoms with van der Waals surface area (Å²) in [5.74, 6) is 0.748. The van der Waals surface area contributed by atoms with Crippen LogP contribution in [0.4, 0.5) is 0 Å². The van der Waals surface area contributed by atoms with Gasteiger partial charge >= 0.3 is 0 Å². The molecule has 3 nitrogen and oxygen atoms in total. The van der Waals surface area contributed by atoms with Gasteiger partial charge in [-0.3, -0.25) is 4.18 Å². The highest BCUT2D eigenvalue weighted by atomic mass is 32.2. The summed E-state index contributed by atoms with van der Waals surface area (Å²) in [5, 5.41) is 0. The first-order valence-electron chi connectivity index (χ1n) is 7.57. The van der Waals surface area contributed by atoms with Gasteiger partial charge in [0, 0.05) is 0 Å². The fraction of sp³-hybridized carbons (Fsp3) is 0.625. The van der Waals surface area contributed by atoms with Gasteiger partial charge in [-0.2, -0.15) is 8.42 Å². The van der Waals surface area contributed by atoms with Crippen molar-refractivity contribution in [2.24, 2.45) is 0 Å². The van der Waals surface area contributed by atoms with Gasteiger partial charge in [-0.15, -0.1) is 0 Å². The van der Waals surface area contributed by atoms with Gasteiger partial charge < -0.3 is 0 Å². The molecule has 0 radical (unpaired) electrons. The summed E-state index contributed by atoms with van der Waals surface area (Å²) in [6, 6.07) is 8.57. The maximum Gasteiger partial charge on any atom is 0.267 e. The minimum atomic E-state index is -3.30. The van der Waals surface area contributed by atoms with E-state index in [9.17, 15) is 8.42 Å². The maximum atomic E-state index is 11.3. The zero-order chi connectivity index (χ0) is 14.4. The van der Waals surface area contributed by atoms with Crippen molar-refractivity contribution in [2.45, 2.75) is 51.4 Å². The fourth-order valence-corrected chi connectivity index (χ4v) is 3.47. The molecule has 1 aliphatic carbocycles. The van der Waals surface area contributed by atoms with E-state index < -0.39 is 10.1 Å². The van der Waals surface area contributed by atoms with E-state index in [0.29, 0.717) is 5.92 Å². The van der Waals surface area contributed by atoms with Gasteiger partial charge in [0.15, 0.2) is 0 Å². The summed E-state index contributed by atoms with van der Waals surface area (Å²) in [5.41, 5.74) is 2.82. The van der Waals surface area contributed by atoms with Crippen LogP contribution in [0.5, 0.6) is 0 Å². The van der Waals surface area contributed by atoms with Crippen molar-refractivity contribution in [3.05, 3.63) is 35.4 Å². The third-order valence-electron chi connectivity index (χ3n) is 4.06. The van der Waals surface area contributed by atoms with E-state index in [1.807, 2.05) is 0 Å². The standard InChI is InChI=1S/C16H24O3S/c1-2-20(17,18)19-13-7-11-15-10-5-6-12-16(15)14-8-3-4-9-14/h5-6,10,12,14H,2-4,7-9,11,13H2,1H3. The summed E-state index contributed by atoms with van der Waals surface area (Å²) in [6.07, 6.45) is 6.89. The molecule has 0 heterocycles. The van der Waals surface area contributed by atoms with Crippen LogP contribution in [0.15, 0.2) is 24.3 Å². The number of aryl methyl sites for hydroxylation is 1. The second-order valence-corrected chi connectivity index (χ2v) is 7.38. The minimum absolute atomic E-state index is 0.0473. The predicted octanol–water partition coefficient (Wildman–Crippen LogP) is 3.64. The first-order chi connectivity index (χ1) is 9.62. The number of hydrogen-bond acceptors (Lipinski definition) is 3. The number of rotatable bonds is 7. The van der Waals surface area contributed by atoms with Crippen LogP contribution in [0.2, 0.25) is 0 Å². The van der Waals surface area contributed by atoms with E-state index in [2.05, 4.69) is 24.3 Å². The average Bonchev–Trinajstić information content (AvgIpc) is 2.98. The zero-order valence-electron chi connectivity index (χ0n) is 12.2. The van der Waals surface area contributed by atoms with E-state index >= 15 is 0 Å². The van der Waals surface area contributed by atoms with Gasteiger partial charge in [-0.25, -0.2) is 0 Å². The molecular formula is C16H24O3S. The van der Waals surface area contributed by atoms with E-state index in [1.54, 1.807) is 6.92 Å². The molecule has 1 saturated carbocycles. The SMILES string of the molecule is CCS(=O)(=O)OCCCc1ccccc1C1CCCC1. The van der Waals surface area contributed by atoms with Crippen molar-refractivity contribution in [1.82, 2.24) is 0 Å². The van der Waals surface area contributed by atoms with Crippen LogP contribution < -0.4 is 0 Å². The van der Waals surface area contributed by atoms with E-state index in [-0.39, 0.29) is 12.4 Å². The molecule has 0 spiro atoms. The van der Waals surface area contributed by atoms with Crippen molar-refractivity contribution >= 4 is 10.1 Å². The van der Waals surface area contributed by atoms with Crippen LogP contribution in [0.1, 0.15) is 56.1 Å². The van der Waals surface area contributed by atoms with Gasteiger partial charge in [-0.05, 0) is 49.7 Å². The summed E-state index contributed by atoms with van der Waals surface area (Å²) >= 11 is 0. The van der Waals surface area contributed by atoms with Crippen LogP contribution in [0.3, 0.4) is 0 Å². The van der Waals surface area contributed by atoms with Gasteiger partial charge in [-0.1, -0.05) is 37.1 Å². The van der Waals surface area contributed by atoms with Crippen molar-refractivity contribution in [1.29, 1.82) is 0 Å². The predicted molar refractivity (Wildman–Crippen MR) is 81.4 cm³/mol. The molecule has 0 aliphatic heterocycles. The van der Waals surface area contributed by atoms with Gasteiger partial charge in [0.1, 0.15) is 0 Å². The molecule has 0 amide bonds. The first kappa shape index (κ1) is 15.5. The largest absolute Gasteiger partial charge is 0.270 e. The van der Waals surface area contributed by atoms with Crippen molar-refractivity contribution < 1.29 is 12.6 Å². The molecule has 0 N–H and O–H groups in total. The van der Waals surface area contributed by atoms with Gasteiger partial charge in [0.2, 0.25) is 0 Å². The third-order valence-corrected chi connectivity index (χ3v) is 5.29. The maximum absolute atomic E-state index is 11.3. The Balaban J connectivity index is 1.89. The summed E-state index contributed by atoms with van der Waals surface area (Å²) in [7, 11) is -3.30. The molecule has 0 atom stereocenters.